The van der Waals surface area contributed by atoms with Gasteiger partial charge in [0.2, 0.25) is 11.8 Å². The lowest BCUT2D eigenvalue weighted by Gasteiger charge is -2.37. The van der Waals surface area contributed by atoms with E-state index in [1.807, 2.05) is 48.5 Å². The first-order valence-corrected chi connectivity index (χ1v) is 10.8. The van der Waals surface area contributed by atoms with Crippen molar-refractivity contribution in [2.75, 3.05) is 13.1 Å². The Balaban J connectivity index is 1.25. The second kappa shape index (κ2) is 9.87. The normalized spacial score (nSPS) is 23.6. The number of rotatable bonds is 8. The van der Waals surface area contributed by atoms with Crippen LogP contribution in [0.3, 0.4) is 0 Å². The Morgan fingerprint density at radius 2 is 1.67 bits per heavy atom. The van der Waals surface area contributed by atoms with Gasteiger partial charge in [0.25, 0.3) is 0 Å². The van der Waals surface area contributed by atoms with Crippen LogP contribution in [-0.4, -0.2) is 47.9 Å². The second-order valence-corrected chi connectivity index (χ2v) is 8.21. The van der Waals surface area contributed by atoms with Crippen LogP contribution in [0.15, 0.2) is 60.7 Å². The van der Waals surface area contributed by atoms with Crippen molar-refractivity contribution >= 4 is 11.8 Å². The van der Waals surface area contributed by atoms with Crippen molar-refractivity contribution in [3.63, 3.8) is 0 Å². The third-order valence-corrected chi connectivity index (χ3v) is 6.10. The fourth-order valence-electron chi connectivity index (χ4n) is 4.43. The molecule has 4 rings (SSSR count). The topological polar surface area (TPSA) is 73.5 Å². The van der Waals surface area contributed by atoms with Crippen molar-refractivity contribution in [1.29, 1.82) is 0 Å². The highest BCUT2D eigenvalue weighted by Crippen LogP contribution is 2.26. The molecule has 2 aromatic rings. The maximum absolute atomic E-state index is 12.4. The Morgan fingerprint density at radius 3 is 2.37 bits per heavy atom. The summed E-state index contributed by atoms with van der Waals surface area (Å²) < 4.78 is 0. The van der Waals surface area contributed by atoms with E-state index < -0.39 is 0 Å². The highest BCUT2D eigenvalue weighted by Gasteiger charge is 2.43. The molecule has 30 heavy (non-hydrogen) atoms. The minimum Gasteiger partial charge on any atom is -0.353 e. The number of piperazine rings is 1. The van der Waals surface area contributed by atoms with Gasteiger partial charge in [-0.15, -0.1) is 0 Å². The van der Waals surface area contributed by atoms with Crippen molar-refractivity contribution in [2.45, 2.75) is 50.5 Å². The van der Waals surface area contributed by atoms with Crippen LogP contribution in [0.2, 0.25) is 0 Å². The van der Waals surface area contributed by atoms with E-state index in [1.54, 1.807) is 0 Å². The van der Waals surface area contributed by atoms with Gasteiger partial charge in [-0.05, 0) is 24.0 Å². The van der Waals surface area contributed by atoms with Crippen molar-refractivity contribution in [1.82, 2.24) is 20.9 Å². The van der Waals surface area contributed by atoms with Crippen molar-refractivity contribution < 1.29 is 9.59 Å². The average molecular weight is 407 g/mol. The summed E-state index contributed by atoms with van der Waals surface area (Å²) in [6.45, 7) is 2.83. The molecule has 0 saturated carbocycles. The minimum atomic E-state index is -0.0931. The maximum atomic E-state index is 12.4. The Morgan fingerprint density at radius 1 is 1.00 bits per heavy atom. The van der Waals surface area contributed by atoms with Crippen LogP contribution in [0, 0.1) is 0 Å². The highest BCUT2D eigenvalue weighted by atomic mass is 16.2. The first-order valence-electron chi connectivity index (χ1n) is 10.8. The molecule has 6 nitrogen and oxygen atoms in total. The largest absolute Gasteiger partial charge is 0.353 e. The van der Waals surface area contributed by atoms with E-state index in [-0.39, 0.29) is 29.9 Å². The Bertz CT molecular complexity index is 843. The molecule has 2 saturated heterocycles. The van der Waals surface area contributed by atoms with Gasteiger partial charge < -0.3 is 16.0 Å². The molecular formula is C24H30N4O2. The van der Waals surface area contributed by atoms with Crippen LogP contribution in [0.4, 0.5) is 0 Å². The molecule has 2 heterocycles. The van der Waals surface area contributed by atoms with E-state index in [0.29, 0.717) is 19.5 Å². The molecule has 0 radical (unpaired) electrons. The molecule has 0 unspecified atom stereocenters. The quantitative estimate of drug-likeness (QED) is 0.625. The first-order chi connectivity index (χ1) is 14.7. The zero-order valence-electron chi connectivity index (χ0n) is 17.2. The van der Waals surface area contributed by atoms with E-state index in [4.69, 9.17) is 0 Å². The fraction of sp³-hybridized carbons (Fsp3) is 0.417. The average Bonchev–Trinajstić information content (AvgIpc) is 3.23. The second-order valence-electron chi connectivity index (χ2n) is 8.21. The van der Waals surface area contributed by atoms with Gasteiger partial charge in [0, 0.05) is 44.7 Å². The van der Waals surface area contributed by atoms with Gasteiger partial charge in [-0.1, -0.05) is 60.7 Å². The highest BCUT2D eigenvalue weighted by molar-refractivity contribution is 5.83. The Hall–Kier alpha value is -2.70. The molecule has 0 aromatic heterocycles. The molecule has 3 atom stereocenters. The zero-order chi connectivity index (χ0) is 20.8. The summed E-state index contributed by atoms with van der Waals surface area (Å²) in [4.78, 5) is 27.0. The van der Waals surface area contributed by atoms with Crippen molar-refractivity contribution in [3.8, 4) is 0 Å². The van der Waals surface area contributed by atoms with Crippen LogP contribution < -0.4 is 16.0 Å². The standard InChI is InChI=1S/C24H30N4O2/c29-23(26-15-19-9-5-2-6-10-19)12-11-21-16-27-24(30)22-13-20(17-28(21)22)25-14-18-7-3-1-4-8-18/h1-10,20-22,25H,11-17H2,(H,26,29)(H,27,30)/t20-,21-,22-/m1/s1. The number of nitrogens with one attached hydrogen (secondary N) is 3. The molecule has 2 aliphatic heterocycles. The summed E-state index contributed by atoms with van der Waals surface area (Å²) in [5, 5.41) is 9.63. The van der Waals surface area contributed by atoms with E-state index >= 15 is 0 Å². The molecule has 0 spiro atoms. The lowest BCUT2D eigenvalue weighted by Crippen LogP contribution is -2.58. The summed E-state index contributed by atoms with van der Waals surface area (Å²) in [5.74, 6) is 0.175. The van der Waals surface area contributed by atoms with Gasteiger partial charge in [0.15, 0.2) is 0 Å². The third-order valence-electron chi connectivity index (χ3n) is 6.10. The fourth-order valence-corrected chi connectivity index (χ4v) is 4.43. The predicted octanol–water partition coefficient (Wildman–Crippen LogP) is 1.81. The summed E-state index contributed by atoms with van der Waals surface area (Å²) in [5.41, 5.74) is 2.35. The molecule has 6 heteroatoms. The number of fused-ring (bicyclic) bond motifs is 1. The Labute approximate surface area is 178 Å². The van der Waals surface area contributed by atoms with E-state index in [2.05, 4.69) is 33.0 Å². The number of nitrogens with zero attached hydrogens (tertiary/aromatic N) is 1. The molecule has 0 aliphatic carbocycles. The summed E-state index contributed by atoms with van der Waals surface area (Å²) >= 11 is 0. The molecule has 2 aliphatic rings. The van der Waals surface area contributed by atoms with E-state index in [0.717, 1.165) is 31.5 Å². The number of hydrogen-bond acceptors (Lipinski definition) is 4. The SMILES string of the molecule is O=C(CC[C@@H]1CNC(=O)[C@H]2C[C@@H](NCc3ccccc3)CN12)NCc1ccccc1. The molecule has 2 amide bonds. The Kier molecular flexibility index (Phi) is 6.77. The van der Waals surface area contributed by atoms with Crippen molar-refractivity contribution in [2.24, 2.45) is 0 Å². The predicted molar refractivity (Wildman–Crippen MR) is 117 cm³/mol. The van der Waals surface area contributed by atoms with E-state index in [9.17, 15) is 9.59 Å². The van der Waals surface area contributed by atoms with Crippen molar-refractivity contribution in [3.05, 3.63) is 71.8 Å². The maximum Gasteiger partial charge on any atom is 0.237 e. The van der Waals surface area contributed by atoms with Gasteiger partial charge >= 0.3 is 0 Å². The van der Waals surface area contributed by atoms with Crippen LogP contribution in [-0.2, 0) is 22.7 Å². The molecular weight excluding hydrogens is 376 g/mol. The first kappa shape index (κ1) is 20.6. The number of carbonyl (C=O) groups is 2. The third kappa shape index (κ3) is 5.26. The number of amides is 2. The lowest BCUT2D eigenvalue weighted by molar-refractivity contribution is -0.129. The zero-order valence-corrected chi connectivity index (χ0v) is 17.2. The van der Waals surface area contributed by atoms with Crippen LogP contribution in [0.1, 0.15) is 30.4 Å². The lowest BCUT2D eigenvalue weighted by atomic mass is 10.0. The van der Waals surface area contributed by atoms with E-state index in [1.165, 1.54) is 5.56 Å². The summed E-state index contributed by atoms with van der Waals surface area (Å²) in [6, 6.07) is 20.7. The van der Waals surface area contributed by atoms with Gasteiger partial charge in [0.05, 0.1) is 6.04 Å². The van der Waals surface area contributed by atoms with Crippen LogP contribution in [0.25, 0.3) is 0 Å². The number of hydrogen-bond donors (Lipinski definition) is 3. The van der Waals surface area contributed by atoms with Crippen LogP contribution >= 0.6 is 0 Å². The van der Waals surface area contributed by atoms with Gasteiger partial charge in [0.1, 0.15) is 0 Å². The molecule has 2 aromatic carbocycles. The molecule has 2 fully saturated rings. The molecule has 0 bridgehead atoms. The summed E-state index contributed by atoms with van der Waals surface area (Å²) in [7, 11) is 0. The number of benzene rings is 2. The minimum absolute atomic E-state index is 0.0604. The van der Waals surface area contributed by atoms with Crippen LogP contribution in [0.5, 0.6) is 0 Å². The molecule has 158 valence electrons. The monoisotopic (exact) mass is 406 g/mol. The number of carbonyl (C=O) groups excluding carboxylic acids is 2. The van der Waals surface area contributed by atoms with Gasteiger partial charge in [-0.2, -0.15) is 0 Å². The molecule has 3 N–H and O–H groups in total. The summed E-state index contributed by atoms with van der Waals surface area (Å²) in [6.07, 6.45) is 2.04. The smallest absolute Gasteiger partial charge is 0.237 e. The van der Waals surface area contributed by atoms with Gasteiger partial charge in [-0.25, -0.2) is 0 Å². The van der Waals surface area contributed by atoms with Gasteiger partial charge in [-0.3, -0.25) is 14.5 Å².